The summed E-state index contributed by atoms with van der Waals surface area (Å²) in [7, 11) is -3.68. The van der Waals surface area contributed by atoms with E-state index in [0.717, 1.165) is 0 Å². The third-order valence-corrected chi connectivity index (χ3v) is 7.81. The number of sulfonamides is 1. The average Bonchev–Trinajstić information content (AvgIpc) is 3.00. The second-order valence-electron chi connectivity index (χ2n) is 7.27. The molecule has 29 heavy (non-hydrogen) atoms. The van der Waals surface area contributed by atoms with Gasteiger partial charge in [0.05, 0.1) is 4.90 Å². The van der Waals surface area contributed by atoms with Crippen LogP contribution in [0.4, 0.5) is 0 Å². The van der Waals surface area contributed by atoms with Gasteiger partial charge >= 0.3 is 0 Å². The quantitative estimate of drug-likeness (QED) is 0.776. The molecule has 0 aromatic heterocycles. The number of carbonyl (C=O) groups excluding carboxylic acids is 1. The minimum atomic E-state index is -3.68. The van der Waals surface area contributed by atoms with Crippen LogP contribution in [0.5, 0.6) is 0 Å². The lowest BCUT2D eigenvalue weighted by molar-refractivity contribution is -0.115. The van der Waals surface area contributed by atoms with Crippen LogP contribution in [-0.4, -0.2) is 43.1 Å². The Kier molecular flexibility index (Phi) is 5.19. The van der Waals surface area contributed by atoms with Crippen LogP contribution in [0.1, 0.15) is 24.0 Å². The zero-order chi connectivity index (χ0) is 20.8. The van der Waals surface area contributed by atoms with Crippen molar-refractivity contribution in [1.82, 2.24) is 9.62 Å². The number of amides is 1. The number of rotatable bonds is 3. The Labute approximate surface area is 179 Å². The summed E-state index contributed by atoms with van der Waals surface area (Å²) in [6.45, 7) is 2.25. The third kappa shape index (κ3) is 3.80. The topological polar surface area (TPSA) is 78.8 Å². The van der Waals surface area contributed by atoms with Gasteiger partial charge in [0.15, 0.2) is 0 Å². The van der Waals surface area contributed by atoms with Gasteiger partial charge in [-0.25, -0.2) is 8.42 Å². The minimum absolute atomic E-state index is 0.208. The van der Waals surface area contributed by atoms with E-state index in [0.29, 0.717) is 39.7 Å². The molecule has 0 radical (unpaired) electrons. The minimum Gasteiger partial charge on any atom is -0.326 e. The molecular formula is C20H19Cl2N3O3S. The second kappa shape index (κ2) is 7.40. The molecular weight excluding hydrogens is 433 g/mol. The van der Waals surface area contributed by atoms with Crippen LogP contribution < -0.4 is 5.32 Å². The first-order valence-corrected chi connectivity index (χ1v) is 11.3. The second-order valence-corrected chi connectivity index (χ2v) is 10.0. The first kappa shape index (κ1) is 20.3. The lowest BCUT2D eigenvalue weighted by Gasteiger charge is -2.36. The summed E-state index contributed by atoms with van der Waals surface area (Å²) < 4.78 is 27.6. The Balaban J connectivity index is 1.56. The maximum atomic E-state index is 13.1. The molecule has 0 atom stereocenters. The number of aryl methyl sites for hydroxylation is 1. The van der Waals surface area contributed by atoms with Gasteiger partial charge in [-0.3, -0.25) is 9.79 Å². The Bertz CT molecular complexity index is 1120. The smallest absolute Gasteiger partial charge is 0.272 e. The average molecular weight is 452 g/mol. The van der Waals surface area contributed by atoms with E-state index in [1.807, 2.05) is 0 Å². The van der Waals surface area contributed by atoms with Crippen molar-refractivity contribution < 1.29 is 13.2 Å². The van der Waals surface area contributed by atoms with E-state index in [-0.39, 0.29) is 23.9 Å². The van der Waals surface area contributed by atoms with Gasteiger partial charge in [-0.2, -0.15) is 4.31 Å². The largest absolute Gasteiger partial charge is 0.326 e. The van der Waals surface area contributed by atoms with Crippen molar-refractivity contribution in [2.45, 2.75) is 30.3 Å². The van der Waals surface area contributed by atoms with Crippen molar-refractivity contribution in [3.8, 4) is 0 Å². The molecule has 2 aliphatic rings. The normalized spacial score (nSPS) is 19.3. The number of aliphatic imine (C=N–C) groups is 1. The molecule has 1 amide bonds. The summed E-state index contributed by atoms with van der Waals surface area (Å²) in [5.41, 5.74) is 0.834. The number of hydrogen-bond donors (Lipinski definition) is 1. The van der Waals surface area contributed by atoms with Crippen molar-refractivity contribution in [3.05, 3.63) is 63.6 Å². The van der Waals surface area contributed by atoms with Gasteiger partial charge in [0.2, 0.25) is 10.0 Å². The van der Waals surface area contributed by atoms with E-state index in [1.54, 1.807) is 43.3 Å². The van der Waals surface area contributed by atoms with E-state index in [2.05, 4.69) is 10.3 Å². The summed E-state index contributed by atoms with van der Waals surface area (Å²) >= 11 is 12.0. The highest BCUT2D eigenvalue weighted by Crippen LogP contribution is 2.32. The maximum Gasteiger partial charge on any atom is 0.272 e. The van der Waals surface area contributed by atoms with Crippen LogP contribution in [-0.2, 0) is 14.8 Å². The molecule has 1 N–H and O–H groups in total. The van der Waals surface area contributed by atoms with Crippen LogP contribution in [0.15, 0.2) is 52.4 Å². The highest BCUT2D eigenvalue weighted by molar-refractivity contribution is 7.89. The predicted octanol–water partition coefficient (Wildman–Crippen LogP) is 3.40. The standard InChI is InChI=1S/C20H19Cl2N3O3S/c1-13-5-6-16(22)12-17(13)29(27,28)25-9-7-20(8-10-25)23-18(19(26)24-20)14-3-2-4-15(21)11-14/h2-6,11-12H,7-10H2,1H3,(H,24,26). The molecule has 1 saturated heterocycles. The fourth-order valence-electron chi connectivity index (χ4n) is 3.72. The van der Waals surface area contributed by atoms with E-state index in [1.165, 1.54) is 10.4 Å². The Morgan fingerprint density at radius 1 is 1.07 bits per heavy atom. The summed E-state index contributed by atoms with van der Waals surface area (Å²) in [6.07, 6.45) is 0.781. The number of hydrogen-bond acceptors (Lipinski definition) is 4. The number of piperidine rings is 1. The predicted molar refractivity (Wildman–Crippen MR) is 113 cm³/mol. The molecule has 6 nitrogen and oxygen atoms in total. The molecule has 0 aliphatic carbocycles. The number of nitrogens with zero attached hydrogens (tertiary/aromatic N) is 2. The van der Waals surface area contributed by atoms with Crippen molar-refractivity contribution in [2.75, 3.05) is 13.1 Å². The third-order valence-electron chi connectivity index (χ3n) is 5.30. The van der Waals surface area contributed by atoms with Crippen LogP contribution in [0.2, 0.25) is 10.0 Å². The van der Waals surface area contributed by atoms with Crippen molar-refractivity contribution in [3.63, 3.8) is 0 Å². The van der Waals surface area contributed by atoms with Crippen LogP contribution in [0.25, 0.3) is 0 Å². The zero-order valence-electron chi connectivity index (χ0n) is 15.7. The molecule has 2 heterocycles. The molecule has 2 aromatic carbocycles. The van der Waals surface area contributed by atoms with Crippen molar-refractivity contribution in [2.24, 2.45) is 4.99 Å². The fraction of sp³-hybridized carbons (Fsp3) is 0.300. The first-order chi connectivity index (χ1) is 13.7. The number of carbonyl (C=O) groups is 1. The maximum absolute atomic E-state index is 13.1. The molecule has 4 rings (SSSR count). The van der Waals surface area contributed by atoms with Crippen LogP contribution >= 0.6 is 23.2 Å². The van der Waals surface area contributed by atoms with E-state index < -0.39 is 15.7 Å². The molecule has 1 spiro atoms. The highest BCUT2D eigenvalue weighted by Gasteiger charge is 2.44. The van der Waals surface area contributed by atoms with Crippen LogP contribution in [0, 0.1) is 6.92 Å². The van der Waals surface area contributed by atoms with Gasteiger partial charge in [-0.1, -0.05) is 41.4 Å². The van der Waals surface area contributed by atoms with Gasteiger partial charge in [0, 0.05) is 41.5 Å². The molecule has 0 bridgehead atoms. The van der Waals surface area contributed by atoms with Gasteiger partial charge < -0.3 is 5.32 Å². The summed E-state index contributed by atoms with van der Waals surface area (Å²) in [6, 6.07) is 11.8. The fourth-order valence-corrected chi connectivity index (χ4v) is 5.84. The molecule has 0 unspecified atom stereocenters. The first-order valence-electron chi connectivity index (χ1n) is 9.15. The number of benzene rings is 2. The number of nitrogens with one attached hydrogen (secondary N) is 1. The zero-order valence-corrected chi connectivity index (χ0v) is 18.0. The van der Waals surface area contributed by atoms with Gasteiger partial charge in [-0.15, -0.1) is 0 Å². The lowest BCUT2D eigenvalue weighted by Crippen LogP contribution is -2.52. The van der Waals surface area contributed by atoms with E-state index in [9.17, 15) is 13.2 Å². The van der Waals surface area contributed by atoms with Gasteiger partial charge in [-0.05, 0) is 36.8 Å². The molecule has 152 valence electrons. The summed E-state index contributed by atoms with van der Waals surface area (Å²) in [5.74, 6) is -0.269. The highest BCUT2D eigenvalue weighted by atomic mass is 35.5. The molecule has 0 saturated carbocycles. The summed E-state index contributed by atoms with van der Waals surface area (Å²) in [5, 5.41) is 3.84. The summed E-state index contributed by atoms with van der Waals surface area (Å²) in [4.78, 5) is 17.4. The van der Waals surface area contributed by atoms with Gasteiger partial charge in [0.1, 0.15) is 11.4 Å². The Morgan fingerprint density at radius 3 is 2.45 bits per heavy atom. The van der Waals surface area contributed by atoms with Crippen LogP contribution in [0.3, 0.4) is 0 Å². The molecule has 1 fully saturated rings. The lowest BCUT2D eigenvalue weighted by atomic mass is 10.00. The Hall–Kier alpha value is -1.93. The number of halogens is 2. The van der Waals surface area contributed by atoms with Crippen molar-refractivity contribution >= 4 is 44.8 Å². The van der Waals surface area contributed by atoms with Crippen molar-refractivity contribution in [1.29, 1.82) is 0 Å². The molecule has 2 aliphatic heterocycles. The molecule has 9 heteroatoms. The SMILES string of the molecule is Cc1ccc(Cl)cc1S(=O)(=O)N1CCC2(CC1)N=C(c1cccc(Cl)c1)C(=O)N2. The molecule has 2 aromatic rings. The monoisotopic (exact) mass is 451 g/mol. The van der Waals surface area contributed by atoms with E-state index >= 15 is 0 Å². The Morgan fingerprint density at radius 2 is 1.76 bits per heavy atom. The van der Waals surface area contributed by atoms with Gasteiger partial charge in [0.25, 0.3) is 5.91 Å². The van der Waals surface area contributed by atoms with E-state index in [4.69, 9.17) is 23.2 Å².